The number of nitrogens with zero attached hydrogens (tertiary/aromatic N) is 5. The van der Waals surface area contributed by atoms with Gasteiger partial charge in [0.25, 0.3) is 5.96 Å². The van der Waals surface area contributed by atoms with Gasteiger partial charge in [-0.3, -0.25) is 15.6 Å². The van der Waals surface area contributed by atoms with Crippen molar-refractivity contribution in [1.29, 1.82) is 0 Å². The summed E-state index contributed by atoms with van der Waals surface area (Å²) in [5, 5.41) is 23.0. The van der Waals surface area contributed by atoms with E-state index >= 15 is 0 Å². The maximum Gasteiger partial charge on any atom is 0.267 e. The molecule has 0 amide bonds. The van der Waals surface area contributed by atoms with Gasteiger partial charge in [0.2, 0.25) is 0 Å². The van der Waals surface area contributed by atoms with Crippen molar-refractivity contribution in [3.05, 3.63) is 35.7 Å². The average Bonchev–Trinajstić information content (AvgIpc) is 3.51. The molecule has 5 N–H and O–H groups in total. The van der Waals surface area contributed by atoms with E-state index in [1.807, 2.05) is 12.1 Å². The summed E-state index contributed by atoms with van der Waals surface area (Å²) in [4.78, 5) is 9.84. The molecule has 162 valence electrons. The van der Waals surface area contributed by atoms with Crippen molar-refractivity contribution in [2.24, 2.45) is 25.9 Å². The Balaban J connectivity index is 1.16. The lowest BCUT2D eigenvalue weighted by Crippen LogP contribution is -2.89. The number of hydrazine groups is 1. The third-order valence-corrected chi connectivity index (χ3v) is 8.32. The highest BCUT2D eigenvalue weighted by atomic mass is 15.7. The number of hydrogen-bond acceptors (Lipinski definition) is 10. The number of allylic oxidation sites excluding steroid dienone is 1. The van der Waals surface area contributed by atoms with E-state index in [-0.39, 0.29) is 34.2 Å². The van der Waals surface area contributed by atoms with Crippen LogP contribution in [0.5, 0.6) is 0 Å². The number of fused-ring (bicyclic) bond motifs is 2. The molecule has 0 aromatic carbocycles. The summed E-state index contributed by atoms with van der Waals surface area (Å²) < 4.78 is 0. The number of nitrogens with one attached hydrogen (secondary N) is 5. The van der Waals surface area contributed by atoms with Crippen molar-refractivity contribution in [3.63, 3.8) is 0 Å². The molecule has 7 rings (SSSR count). The molecule has 5 aliphatic heterocycles. The first-order valence-corrected chi connectivity index (χ1v) is 10.9. The fourth-order valence-electron chi connectivity index (χ4n) is 6.24. The van der Waals surface area contributed by atoms with Crippen molar-refractivity contribution < 1.29 is 0 Å². The third-order valence-electron chi connectivity index (χ3n) is 8.32. The zero-order valence-electron chi connectivity index (χ0n) is 18.4. The van der Waals surface area contributed by atoms with E-state index in [2.05, 4.69) is 88.8 Å². The SMILES string of the molecule is CNN1C(=C(C)C)N=C(NCNC2=NC3=NN3C3N[C@]4(C)C=CC234)C23C=C[C@@]2(C)NC13. The third kappa shape index (κ3) is 1.70. The summed E-state index contributed by atoms with van der Waals surface area (Å²) in [5.74, 6) is 3.72. The molecule has 2 spiro atoms. The molecule has 2 fully saturated rings. The van der Waals surface area contributed by atoms with Crippen LogP contribution >= 0.6 is 0 Å². The summed E-state index contributed by atoms with van der Waals surface area (Å²) in [6, 6.07) is 0. The second-order valence-corrected chi connectivity index (χ2v) is 10.0. The summed E-state index contributed by atoms with van der Waals surface area (Å²) in [5.41, 5.74) is 4.02. The van der Waals surface area contributed by atoms with Gasteiger partial charge in [0.1, 0.15) is 40.7 Å². The molecule has 5 heterocycles. The quantitative estimate of drug-likeness (QED) is 0.316. The van der Waals surface area contributed by atoms with Crippen LogP contribution in [0, 0.1) is 10.8 Å². The summed E-state index contributed by atoms with van der Waals surface area (Å²) in [6.45, 7) is 9.19. The highest BCUT2D eigenvalue weighted by Gasteiger charge is 2.74. The van der Waals surface area contributed by atoms with Gasteiger partial charge in [0, 0.05) is 7.05 Å². The molecule has 2 aliphatic carbocycles. The van der Waals surface area contributed by atoms with E-state index in [1.165, 1.54) is 0 Å². The molecule has 6 atom stereocenters. The van der Waals surface area contributed by atoms with Gasteiger partial charge in [-0.25, -0.2) is 15.4 Å². The lowest BCUT2D eigenvalue weighted by Gasteiger charge is -2.70. The Labute approximate surface area is 181 Å². The predicted molar refractivity (Wildman–Crippen MR) is 118 cm³/mol. The first-order valence-electron chi connectivity index (χ1n) is 10.9. The summed E-state index contributed by atoms with van der Waals surface area (Å²) in [6.07, 6.45) is 9.27. The summed E-state index contributed by atoms with van der Waals surface area (Å²) >= 11 is 0. The van der Waals surface area contributed by atoms with Gasteiger partial charge in [-0.1, -0.05) is 24.3 Å². The Morgan fingerprint density at radius 1 is 0.968 bits per heavy atom. The highest BCUT2D eigenvalue weighted by Crippen LogP contribution is 2.59. The molecule has 0 radical (unpaired) electrons. The van der Waals surface area contributed by atoms with Crippen LogP contribution in [0.2, 0.25) is 0 Å². The van der Waals surface area contributed by atoms with Crippen LogP contribution in [0.4, 0.5) is 0 Å². The predicted octanol–water partition coefficient (Wildman–Crippen LogP) is -0.290. The van der Waals surface area contributed by atoms with E-state index < -0.39 is 0 Å². The van der Waals surface area contributed by atoms with Gasteiger partial charge < -0.3 is 10.6 Å². The second-order valence-electron chi connectivity index (χ2n) is 10.0. The smallest absolute Gasteiger partial charge is 0.267 e. The van der Waals surface area contributed by atoms with Crippen LogP contribution in [-0.2, 0) is 0 Å². The number of guanidine groups is 1. The minimum Gasteiger partial charge on any atom is -0.355 e. The molecule has 4 unspecified atom stereocenters. The zero-order valence-corrected chi connectivity index (χ0v) is 18.4. The maximum atomic E-state index is 5.07. The van der Waals surface area contributed by atoms with Crippen LogP contribution in [0.25, 0.3) is 0 Å². The van der Waals surface area contributed by atoms with Crippen LogP contribution in [0.3, 0.4) is 0 Å². The molecule has 0 saturated carbocycles. The Morgan fingerprint density at radius 3 is 2.13 bits per heavy atom. The van der Waals surface area contributed by atoms with Crippen LogP contribution < -0.4 is 26.7 Å². The highest BCUT2D eigenvalue weighted by molar-refractivity contribution is 6.09. The van der Waals surface area contributed by atoms with Gasteiger partial charge in [0.05, 0.1) is 17.7 Å². The Bertz CT molecular complexity index is 1110. The fourth-order valence-corrected chi connectivity index (χ4v) is 6.24. The number of hydrogen-bond donors (Lipinski definition) is 5. The van der Waals surface area contributed by atoms with Gasteiger partial charge in [0.15, 0.2) is 0 Å². The topological polar surface area (TPSA) is 103 Å². The van der Waals surface area contributed by atoms with E-state index in [0.717, 1.165) is 29.0 Å². The van der Waals surface area contributed by atoms with Crippen LogP contribution in [-0.4, -0.2) is 64.8 Å². The first kappa shape index (κ1) is 17.9. The van der Waals surface area contributed by atoms with Crippen molar-refractivity contribution in [2.45, 2.75) is 51.1 Å². The fraction of sp³-hybridized carbons (Fsp3) is 0.571. The molecule has 0 aromatic rings. The van der Waals surface area contributed by atoms with Crippen LogP contribution in [0.15, 0.2) is 50.8 Å². The van der Waals surface area contributed by atoms with Crippen molar-refractivity contribution in [2.75, 3.05) is 13.7 Å². The van der Waals surface area contributed by atoms with Gasteiger partial charge in [-0.15, -0.1) is 5.10 Å². The minimum atomic E-state index is -0.174. The lowest BCUT2D eigenvalue weighted by molar-refractivity contribution is -0.0707. The van der Waals surface area contributed by atoms with Gasteiger partial charge in [-0.2, -0.15) is 4.99 Å². The van der Waals surface area contributed by atoms with Crippen LogP contribution in [0.1, 0.15) is 27.7 Å². The first-order chi connectivity index (χ1) is 14.8. The largest absolute Gasteiger partial charge is 0.355 e. The Kier molecular flexibility index (Phi) is 2.91. The molecular weight excluding hydrogens is 392 g/mol. The monoisotopic (exact) mass is 420 g/mol. The number of rotatable bonds is 3. The molecular formula is C21H28N10. The average molecular weight is 421 g/mol. The molecule has 0 aromatic heterocycles. The van der Waals surface area contributed by atoms with E-state index in [9.17, 15) is 0 Å². The lowest BCUT2D eigenvalue weighted by atomic mass is 9.52. The second kappa shape index (κ2) is 5.03. The van der Waals surface area contributed by atoms with Crippen molar-refractivity contribution >= 4 is 17.6 Å². The van der Waals surface area contributed by atoms with Gasteiger partial charge >= 0.3 is 0 Å². The zero-order chi connectivity index (χ0) is 21.4. The normalized spacial score (nSPS) is 46.2. The van der Waals surface area contributed by atoms with E-state index in [4.69, 9.17) is 9.98 Å². The van der Waals surface area contributed by atoms with Crippen molar-refractivity contribution in [1.82, 2.24) is 36.7 Å². The number of hydrazone groups is 1. The van der Waals surface area contributed by atoms with E-state index in [1.54, 1.807) is 0 Å². The standard InChI is InChI=1S/C21H28N10/c1-11(2)12-25-13(20-8-6-18(20,3)27-15(20)30(12)22-5)23-10-24-14-21-9-7-19(21,4)28-16(21)31-17(26-14)29-31/h6-9,15-16,22,27-28H,10H2,1-5H3,(H,23,25)(H,24,26,29)/t15?,16?,18-,19-,20?,21?,31?/m1/s1. The van der Waals surface area contributed by atoms with Crippen molar-refractivity contribution in [3.8, 4) is 0 Å². The molecule has 31 heavy (non-hydrogen) atoms. The Hall–Kier alpha value is -2.69. The molecule has 0 bridgehead atoms. The minimum absolute atomic E-state index is 0.0605. The number of aliphatic imine (C=N–C) groups is 2. The number of amidine groups is 2. The summed E-state index contributed by atoms with van der Waals surface area (Å²) in [7, 11) is 1.95. The molecule has 10 nitrogen and oxygen atoms in total. The molecule has 10 heteroatoms. The van der Waals surface area contributed by atoms with Gasteiger partial charge in [-0.05, 0) is 33.3 Å². The molecule has 7 aliphatic rings. The maximum absolute atomic E-state index is 5.07. The Morgan fingerprint density at radius 2 is 1.58 bits per heavy atom. The van der Waals surface area contributed by atoms with E-state index in [0.29, 0.717) is 6.67 Å². The molecule has 2 saturated heterocycles.